The molecule has 1 heterocycles. The highest BCUT2D eigenvalue weighted by atomic mass is 15.1. The Morgan fingerprint density at radius 3 is 2.24 bits per heavy atom. The van der Waals surface area contributed by atoms with E-state index in [1.165, 1.54) is 72.4 Å². The predicted octanol–water partition coefficient (Wildman–Crippen LogP) is 13.9. The fourth-order valence-corrected chi connectivity index (χ4v) is 8.99. The number of allylic oxidation sites excluding steroid dienone is 7. The van der Waals surface area contributed by atoms with Crippen molar-refractivity contribution in [3.05, 3.63) is 204 Å². The second kappa shape index (κ2) is 12.9. The van der Waals surface area contributed by atoms with Crippen molar-refractivity contribution in [3.63, 3.8) is 0 Å². The molecule has 6 aromatic carbocycles. The Morgan fingerprint density at radius 2 is 1.35 bits per heavy atom. The Morgan fingerprint density at radius 1 is 0.574 bits per heavy atom. The molecule has 0 fully saturated rings. The van der Waals surface area contributed by atoms with E-state index in [0.717, 1.165) is 36.3 Å². The molecule has 54 heavy (non-hydrogen) atoms. The molecule has 10 rings (SSSR count). The SMILES string of the molecule is CC1(C)c2ccccc2-c2ccc(N(c3ccc(-c4ccc5c(c4)c4c(n5-c5ccccc5)C=CCC4)cc3)c3cccc(C4=CC=CC=CC4)c3)cc21. The van der Waals surface area contributed by atoms with Crippen molar-refractivity contribution in [2.75, 3.05) is 4.90 Å². The zero-order valence-electron chi connectivity index (χ0n) is 30.8. The fourth-order valence-electron chi connectivity index (χ4n) is 8.99. The minimum atomic E-state index is -0.0871. The largest absolute Gasteiger partial charge is 0.310 e. The third-order valence-corrected chi connectivity index (χ3v) is 11.7. The number of aromatic nitrogens is 1. The number of rotatable bonds is 6. The molecule has 3 aliphatic carbocycles. The van der Waals surface area contributed by atoms with Gasteiger partial charge in [0.15, 0.2) is 0 Å². The highest BCUT2D eigenvalue weighted by Gasteiger charge is 2.35. The molecule has 0 saturated heterocycles. The number of anilines is 3. The van der Waals surface area contributed by atoms with Crippen molar-refractivity contribution >= 4 is 39.6 Å². The van der Waals surface area contributed by atoms with E-state index in [1.807, 2.05) is 0 Å². The first-order chi connectivity index (χ1) is 26.5. The van der Waals surface area contributed by atoms with E-state index in [0.29, 0.717) is 0 Å². The van der Waals surface area contributed by atoms with Gasteiger partial charge >= 0.3 is 0 Å². The molecular weight excluding hydrogens is 653 g/mol. The summed E-state index contributed by atoms with van der Waals surface area (Å²) in [7, 11) is 0. The molecule has 0 spiro atoms. The van der Waals surface area contributed by atoms with Crippen LogP contribution in [0.25, 0.3) is 50.5 Å². The lowest BCUT2D eigenvalue weighted by Crippen LogP contribution is -2.16. The van der Waals surface area contributed by atoms with Crippen molar-refractivity contribution in [2.45, 2.75) is 38.5 Å². The summed E-state index contributed by atoms with van der Waals surface area (Å²) >= 11 is 0. The summed E-state index contributed by atoms with van der Waals surface area (Å²) in [5.41, 5.74) is 19.0. The van der Waals surface area contributed by atoms with Crippen molar-refractivity contribution in [2.24, 2.45) is 0 Å². The van der Waals surface area contributed by atoms with Gasteiger partial charge in [0.1, 0.15) is 0 Å². The standard InChI is InChI=1S/C52H42N2/c1-52(2)48-23-12-10-21-44(48)45-31-30-43(35-49(45)52)53(42-20-14-17-38(33-42)36-15-6-3-4-7-16-36)41-28-25-37(26-29-41)39-27-32-51-47(34-39)46-22-11-13-24-50(46)54(51)40-18-8-5-9-19-40/h3-10,12-15,17-21,23-35H,11,16,22H2,1-2H3. The quantitative estimate of drug-likeness (QED) is 0.168. The molecule has 7 aromatic rings. The number of hydrogen-bond acceptors (Lipinski definition) is 1. The molecule has 0 amide bonds. The van der Waals surface area contributed by atoms with E-state index in [1.54, 1.807) is 0 Å². The minimum absolute atomic E-state index is 0.0871. The van der Waals surface area contributed by atoms with Crippen molar-refractivity contribution in [1.82, 2.24) is 4.57 Å². The van der Waals surface area contributed by atoms with Crippen LogP contribution in [0.1, 0.15) is 54.6 Å². The van der Waals surface area contributed by atoms with Crippen LogP contribution < -0.4 is 4.90 Å². The maximum atomic E-state index is 2.43. The van der Waals surface area contributed by atoms with Gasteiger partial charge < -0.3 is 9.47 Å². The Bertz CT molecular complexity index is 2700. The average molecular weight is 695 g/mol. The van der Waals surface area contributed by atoms with E-state index in [2.05, 4.69) is 205 Å². The van der Waals surface area contributed by atoms with Crippen molar-refractivity contribution in [3.8, 4) is 27.9 Å². The predicted molar refractivity (Wildman–Crippen MR) is 229 cm³/mol. The Hall–Kier alpha value is -6.38. The normalized spacial score (nSPS) is 15.0. The van der Waals surface area contributed by atoms with Gasteiger partial charge in [-0.2, -0.15) is 0 Å². The lowest BCUT2D eigenvalue weighted by atomic mass is 9.82. The summed E-state index contributed by atoms with van der Waals surface area (Å²) in [4.78, 5) is 2.43. The molecule has 0 saturated carbocycles. The monoisotopic (exact) mass is 694 g/mol. The smallest absolute Gasteiger partial charge is 0.0538 e. The molecule has 2 nitrogen and oxygen atoms in total. The lowest BCUT2D eigenvalue weighted by molar-refractivity contribution is 0.660. The molecule has 0 N–H and O–H groups in total. The van der Waals surface area contributed by atoms with Crippen LogP contribution in [0.4, 0.5) is 17.1 Å². The van der Waals surface area contributed by atoms with E-state index >= 15 is 0 Å². The molecule has 0 radical (unpaired) electrons. The first kappa shape index (κ1) is 32.3. The third kappa shape index (κ3) is 5.32. The second-order valence-electron chi connectivity index (χ2n) is 15.2. The number of para-hydroxylation sites is 1. The van der Waals surface area contributed by atoms with Crippen LogP contribution in [0.15, 0.2) is 176 Å². The van der Waals surface area contributed by atoms with Crippen LogP contribution >= 0.6 is 0 Å². The number of benzene rings is 6. The van der Waals surface area contributed by atoms with E-state index in [4.69, 9.17) is 0 Å². The van der Waals surface area contributed by atoms with Gasteiger partial charge in [0.2, 0.25) is 0 Å². The lowest BCUT2D eigenvalue weighted by Gasteiger charge is -2.28. The number of hydrogen-bond donors (Lipinski definition) is 0. The second-order valence-corrected chi connectivity index (χ2v) is 15.2. The van der Waals surface area contributed by atoms with Crippen LogP contribution in [0.2, 0.25) is 0 Å². The van der Waals surface area contributed by atoms with Gasteiger partial charge in [0.05, 0.1) is 5.52 Å². The molecule has 0 atom stereocenters. The molecule has 1 aromatic heterocycles. The first-order valence-electron chi connectivity index (χ1n) is 19.2. The van der Waals surface area contributed by atoms with Gasteiger partial charge in [-0.1, -0.05) is 129 Å². The molecule has 0 unspecified atom stereocenters. The minimum Gasteiger partial charge on any atom is -0.310 e. The summed E-state index contributed by atoms with van der Waals surface area (Å²) in [5, 5.41) is 1.34. The average Bonchev–Trinajstić information content (AvgIpc) is 3.48. The van der Waals surface area contributed by atoms with Crippen LogP contribution in [0, 0.1) is 0 Å². The Kier molecular flexibility index (Phi) is 7.73. The summed E-state index contributed by atoms with van der Waals surface area (Å²) in [6.45, 7) is 4.72. The third-order valence-electron chi connectivity index (χ3n) is 11.7. The van der Waals surface area contributed by atoms with Gasteiger partial charge in [0, 0.05) is 39.2 Å². The van der Waals surface area contributed by atoms with Crippen molar-refractivity contribution < 1.29 is 0 Å². The number of fused-ring (bicyclic) bond motifs is 6. The van der Waals surface area contributed by atoms with Crippen LogP contribution in [-0.4, -0.2) is 4.57 Å². The maximum Gasteiger partial charge on any atom is 0.0538 e. The van der Waals surface area contributed by atoms with Gasteiger partial charge in [-0.25, -0.2) is 0 Å². The van der Waals surface area contributed by atoms with Gasteiger partial charge in [-0.05, 0) is 136 Å². The van der Waals surface area contributed by atoms with Crippen LogP contribution in [-0.2, 0) is 11.8 Å². The summed E-state index contributed by atoms with van der Waals surface area (Å²) in [6.07, 6.45) is 18.5. The topological polar surface area (TPSA) is 8.17 Å². The Balaban J connectivity index is 1.07. The van der Waals surface area contributed by atoms with Crippen LogP contribution in [0.3, 0.4) is 0 Å². The molecule has 260 valence electrons. The van der Waals surface area contributed by atoms with E-state index in [9.17, 15) is 0 Å². The number of nitrogens with zero attached hydrogens (tertiary/aromatic N) is 2. The zero-order valence-corrected chi connectivity index (χ0v) is 30.8. The molecule has 3 aliphatic rings. The molecular formula is C52H42N2. The Labute approximate surface area is 318 Å². The van der Waals surface area contributed by atoms with E-state index in [-0.39, 0.29) is 5.41 Å². The molecule has 0 bridgehead atoms. The summed E-state index contributed by atoms with van der Waals surface area (Å²) in [5.74, 6) is 0. The van der Waals surface area contributed by atoms with Gasteiger partial charge in [-0.3, -0.25) is 0 Å². The van der Waals surface area contributed by atoms with E-state index < -0.39 is 0 Å². The van der Waals surface area contributed by atoms with Gasteiger partial charge in [-0.15, -0.1) is 0 Å². The van der Waals surface area contributed by atoms with Crippen LogP contribution in [0.5, 0.6) is 0 Å². The highest BCUT2D eigenvalue weighted by molar-refractivity contribution is 5.94. The summed E-state index contributed by atoms with van der Waals surface area (Å²) in [6, 6.07) is 51.9. The molecule has 2 heteroatoms. The molecule has 0 aliphatic heterocycles. The number of aryl methyl sites for hydroxylation is 1. The summed E-state index contributed by atoms with van der Waals surface area (Å²) < 4.78 is 2.42. The fraction of sp³-hybridized carbons (Fsp3) is 0.115. The maximum absolute atomic E-state index is 2.43. The zero-order chi connectivity index (χ0) is 36.2. The van der Waals surface area contributed by atoms with Crippen molar-refractivity contribution in [1.29, 1.82) is 0 Å². The first-order valence-corrected chi connectivity index (χ1v) is 19.2. The van der Waals surface area contributed by atoms with Gasteiger partial charge in [0.25, 0.3) is 0 Å². The highest BCUT2D eigenvalue weighted by Crippen LogP contribution is 2.51.